The van der Waals surface area contributed by atoms with Crippen LogP contribution in [0, 0.1) is 11.6 Å². The first kappa shape index (κ1) is 33.8. The quantitative estimate of drug-likeness (QED) is 0.148. The first-order valence-electron chi connectivity index (χ1n) is 14.0. The number of rotatable bonds is 11. The fourth-order valence-corrected chi connectivity index (χ4v) is 5.05. The van der Waals surface area contributed by atoms with Crippen molar-refractivity contribution in [3.8, 4) is 22.8 Å². The number of nitrogens with one attached hydrogen (secondary N) is 1. The average molecular weight is 686 g/mol. The number of hydrogen-bond donors (Lipinski definition) is 3. The van der Waals surface area contributed by atoms with Crippen LogP contribution in [0.5, 0.6) is 11.5 Å². The number of amides is 2. The molecule has 1 saturated carbocycles. The molecule has 5 rings (SSSR count). The van der Waals surface area contributed by atoms with E-state index in [1.807, 2.05) is 5.32 Å². The summed E-state index contributed by atoms with van der Waals surface area (Å²) in [6.07, 6.45) is -4.46. The Morgan fingerprint density at radius 1 is 1.19 bits per heavy atom. The fraction of sp³-hybridized carbons (Fsp3) is 0.333. The number of benzene rings is 2. The Morgan fingerprint density at radius 3 is 2.49 bits per heavy atom. The van der Waals surface area contributed by atoms with Gasteiger partial charge in [0.1, 0.15) is 33.5 Å². The SMILES string of the molecule is CCOc1c(CC(N)=O)cc([C@@](O)(CNC(=O)c2cc(OC)c3nn(C4(F)CC4)cc3c2)C(F)(F)F)nc1-c1ccc(F)c(Cl)c1F. The van der Waals surface area contributed by atoms with Gasteiger partial charge in [-0.1, -0.05) is 11.6 Å². The van der Waals surface area contributed by atoms with Crippen LogP contribution in [0.4, 0.5) is 26.3 Å². The van der Waals surface area contributed by atoms with Gasteiger partial charge in [-0.3, -0.25) is 9.59 Å². The molecule has 0 unspecified atom stereocenters. The molecule has 0 spiro atoms. The van der Waals surface area contributed by atoms with Gasteiger partial charge in [-0.25, -0.2) is 22.8 Å². The van der Waals surface area contributed by atoms with E-state index in [0.29, 0.717) is 6.07 Å². The first-order valence-corrected chi connectivity index (χ1v) is 14.3. The fourth-order valence-electron chi connectivity index (χ4n) is 4.89. The van der Waals surface area contributed by atoms with E-state index in [0.717, 1.165) is 16.8 Å². The van der Waals surface area contributed by atoms with Crippen molar-refractivity contribution in [1.82, 2.24) is 20.1 Å². The van der Waals surface area contributed by atoms with Crippen LogP contribution in [0.25, 0.3) is 22.2 Å². The summed E-state index contributed by atoms with van der Waals surface area (Å²) in [5, 5.41) is 16.6. The molecule has 4 aromatic rings. The third kappa shape index (κ3) is 6.26. The van der Waals surface area contributed by atoms with Gasteiger partial charge in [0, 0.05) is 41.1 Å². The summed E-state index contributed by atoms with van der Waals surface area (Å²) in [4.78, 5) is 28.9. The van der Waals surface area contributed by atoms with Crippen molar-refractivity contribution in [3.05, 3.63) is 70.0 Å². The Balaban J connectivity index is 1.58. The molecule has 47 heavy (non-hydrogen) atoms. The Labute approximate surface area is 267 Å². The Bertz CT molecular complexity index is 1900. The maximum absolute atomic E-state index is 15.2. The van der Waals surface area contributed by atoms with E-state index >= 15 is 4.39 Å². The normalized spacial score (nSPS) is 15.3. The number of halogens is 7. The van der Waals surface area contributed by atoms with E-state index in [4.69, 9.17) is 26.8 Å². The number of carbonyl (C=O) groups is 2. The van der Waals surface area contributed by atoms with Gasteiger partial charge in [-0.2, -0.15) is 18.3 Å². The molecule has 2 aromatic carbocycles. The summed E-state index contributed by atoms with van der Waals surface area (Å²) in [6.45, 7) is -0.166. The molecule has 1 atom stereocenters. The van der Waals surface area contributed by atoms with Crippen LogP contribution in [0.15, 0.2) is 36.5 Å². The predicted octanol–water partition coefficient (Wildman–Crippen LogP) is 5.06. The topological polar surface area (TPSA) is 142 Å². The Kier molecular flexibility index (Phi) is 8.79. The lowest BCUT2D eigenvalue weighted by Crippen LogP contribution is -2.51. The summed E-state index contributed by atoms with van der Waals surface area (Å²) >= 11 is 5.71. The number of ether oxygens (including phenoxy) is 2. The second-order valence-corrected chi connectivity index (χ2v) is 11.2. The van der Waals surface area contributed by atoms with Crippen LogP contribution in [0.2, 0.25) is 5.02 Å². The highest BCUT2D eigenvalue weighted by atomic mass is 35.5. The van der Waals surface area contributed by atoms with Crippen LogP contribution >= 0.6 is 11.6 Å². The molecule has 0 saturated heterocycles. The average Bonchev–Trinajstić information content (AvgIpc) is 3.60. The molecule has 1 fully saturated rings. The molecule has 2 aromatic heterocycles. The zero-order chi connectivity index (χ0) is 34.5. The number of aliphatic hydroxyl groups is 1. The van der Waals surface area contributed by atoms with Crippen LogP contribution in [0.1, 0.15) is 41.4 Å². The lowest BCUT2D eigenvalue weighted by molar-refractivity contribution is -0.265. The van der Waals surface area contributed by atoms with Gasteiger partial charge in [0.2, 0.25) is 17.3 Å². The van der Waals surface area contributed by atoms with E-state index in [1.165, 1.54) is 32.4 Å². The van der Waals surface area contributed by atoms with E-state index < -0.39 is 76.0 Å². The number of nitrogens with two attached hydrogens (primary N) is 1. The molecule has 10 nitrogen and oxygen atoms in total. The summed E-state index contributed by atoms with van der Waals surface area (Å²) in [5.41, 5.74) is -1.38. The lowest BCUT2D eigenvalue weighted by atomic mass is 9.93. The van der Waals surface area contributed by atoms with Crippen molar-refractivity contribution in [2.45, 2.75) is 43.8 Å². The monoisotopic (exact) mass is 685 g/mol. The first-order chi connectivity index (χ1) is 22.0. The molecule has 2 amide bonds. The summed E-state index contributed by atoms with van der Waals surface area (Å²) < 4.78 is 99.7. The summed E-state index contributed by atoms with van der Waals surface area (Å²) in [5.74, 6) is -6.71. The van der Waals surface area contributed by atoms with Crippen LogP contribution in [-0.2, 0) is 22.6 Å². The van der Waals surface area contributed by atoms with Gasteiger partial charge in [0.15, 0.2) is 5.82 Å². The Hall–Kier alpha value is -4.57. The highest BCUT2D eigenvalue weighted by Crippen LogP contribution is 2.46. The third-order valence-corrected chi connectivity index (χ3v) is 7.87. The maximum atomic E-state index is 15.2. The molecule has 0 bridgehead atoms. The van der Waals surface area contributed by atoms with E-state index in [-0.39, 0.29) is 53.0 Å². The number of alkyl halides is 4. The number of carbonyl (C=O) groups excluding carboxylic acids is 2. The number of primary amides is 1. The van der Waals surface area contributed by atoms with Crippen molar-refractivity contribution < 1.29 is 50.5 Å². The minimum atomic E-state index is -5.52. The number of pyridine rings is 1. The molecule has 0 radical (unpaired) electrons. The van der Waals surface area contributed by atoms with Crippen LogP contribution in [-0.4, -0.2) is 58.1 Å². The highest BCUT2D eigenvalue weighted by molar-refractivity contribution is 6.31. The van der Waals surface area contributed by atoms with E-state index in [1.54, 1.807) is 0 Å². The third-order valence-electron chi connectivity index (χ3n) is 7.52. The standard InChI is InChI=1S/C30H26ClF6N5O5/c1-3-47-26-14(11-21(38)43)10-20(40-25(26)17-4-5-18(32)22(31)23(17)33)29(45,30(35,36)37)13-39-27(44)15-8-16-12-42(28(34)6-7-28)41-24(16)19(9-15)46-2/h4-5,8-10,12,45H,3,6-7,11,13H2,1-2H3,(H2,38,43)(H,39,44)/t29-/m0/s1. The van der Waals surface area contributed by atoms with Crippen molar-refractivity contribution in [2.24, 2.45) is 5.73 Å². The second-order valence-electron chi connectivity index (χ2n) is 10.8. The number of hydrogen-bond acceptors (Lipinski definition) is 7. The van der Waals surface area contributed by atoms with Crippen molar-refractivity contribution in [1.29, 1.82) is 0 Å². The highest BCUT2D eigenvalue weighted by Gasteiger charge is 2.57. The second kappa shape index (κ2) is 12.2. The van der Waals surface area contributed by atoms with Crippen molar-refractivity contribution in [3.63, 3.8) is 0 Å². The van der Waals surface area contributed by atoms with E-state index in [9.17, 15) is 36.6 Å². The Morgan fingerprint density at radius 2 is 1.89 bits per heavy atom. The number of aromatic nitrogens is 3. The van der Waals surface area contributed by atoms with Gasteiger partial charge in [-0.15, -0.1) is 0 Å². The minimum absolute atomic E-state index is 0.0376. The van der Waals surface area contributed by atoms with Crippen LogP contribution in [0.3, 0.4) is 0 Å². The number of fused-ring (bicyclic) bond motifs is 1. The minimum Gasteiger partial charge on any atom is -0.494 e. The zero-order valence-electron chi connectivity index (χ0n) is 24.6. The molecular formula is C30H26ClF6N5O5. The number of methoxy groups -OCH3 is 1. The zero-order valence-corrected chi connectivity index (χ0v) is 25.4. The molecule has 17 heteroatoms. The van der Waals surface area contributed by atoms with Crippen LogP contribution < -0.4 is 20.5 Å². The van der Waals surface area contributed by atoms with Gasteiger partial charge in [0.05, 0.1) is 32.4 Å². The maximum Gasteiger partial charge on any atom is 0.424 e. The van der Waals surface area contributed by atoms with Gasteiger partial charge >= 0.3 is 6.18 Å². The molecular weight excluding hydrogens is 660 g/mol. The van der Waals surface area contributed by atoms with Gasteiger partial charge in [0.25, 0.3) is 5.91 Å². The molecule has 4 N–H and O–H groups in total. The van der Waals surface area contributed by atoms with Gasteiger partial charge < -0.3 is 25.6 Å². The number of nitrogens with zero attached hydrogens (tertiary/aromatic N) is 3. The van der Waals surface area contributed by atoms with Crippen molar-refractivity contribution in [2.75, 3.05) is 20.3 Å². The predicted molar refractivity (Wildman–Crippen MR) is 156 cm³/mol. The van der Waals surface area contributed by atoms with E-state index in [2.05, 4.69) is 10.1 Å². The molecule has 1 aliphatic carbocycles. The largest absolute Gasteiger partial charge is 0.494 e. The lowest BCUT2D eigenvalue weighted by Gasteiger charge is -2.31. The summed E-state index contributed by atoms with van der Waals surface area (Å²) in [6, 6.07) is 4.71. The molecule has 2 heterocycles. The smallest absolute Gasteiger partial charge is 0.424 e. The summed E-state index contributed by atoms with van der Waals surface area (Å²) in [7, 11) is 1.26. The molecule has 0 aliphatic heterocycles. The molecule has 1 aliphatic rings. The van der Waals surface area contributed by atoms with Gasteiger partial charge in [-0.05, 0) is 37.3 Å². The van der Waals surface area contributed by atoms with Crippen molar-refractivity contribution >= 4 is 34.3 Å². The molecule has 250 valence electrons.